The fourth-order valence-electron chi connectivity index (χ4n) is 3.72. The van der Waals surface area contributed by atoms with E-state index in [9.17, 15) is 4.79 Å². The van der Waals surface area contributed by atoms with Gasteiger partial charge in [0.15, 0.2) is 0 Å². The van der Waals surface area contributed by atoms with Gasteiger partial charge in [0.2, 0.25) is 0 Å². The van der Waals surface area contributed by atoms with E-state index in [4.69, 9.17) is 0 Å². The summed E-state index contributed by atoms with van der Waals surface area (Å²) in [5.41, 5.74) is 6.96. The van der Waals surface area contributed by atoms with E-state index in [1.54, 1.807) is 0 Å². The summed E-state index contributed by atoms with van der Waals surface area (Å²) in [6, 6.07) is 8.32. The molecule has 2 rings (SSSR count). The molecule has 3 nitrogen and oxygen atoms in total. The molecule has 0 aliphatic heterocycles. The number of nitrogens with zero attached hydrogens (tertiary/aromatic N) is 1. The van der Waals surface area contributed by atoms with Crippen molar-refractivity contribution in [1.29, 1.82) is 0 Å². The number of hydrogen-bond donors (Lipinski definition) is 1. The Morgan fingerprint density at radius 2 is 1.80 bits per heavy atom. The lowest BCUT2D eigenvalue weighted by molar-refractivity contribution is 0.0949. The molecule has 1 aromatic heterocycles. The van der Waals surface area contributed by atoms with Crippen molar-refractivity contribution in [3.8, 4) is 0 Å². The molecule has 0 radical (unpaired) electrons. The van der Waals surface area contributed by atoms with Crippen molar-refractivity contribution in [2.45, 2.75) is 66.3 Å². The zero-order valence-electron chi connectivity index (χ0n) is 16.6. The fourth-order valence-corrected chi connectivity index (χ4v) is 3.72. The molecule has 1 amide bonds. The summed E-state index contributed by atoms with van der Waals surface area (Å²) >= 11 is 0. The van der Waals surface area contributed by atoms with Gasteiger partial charge >= 0.3 is 0 Å². The Kier molecular flexibility index (Phi) is 6.46. The van der Waals surface area contributed by atoms with Gasteiger partial charge < -0.3 is 9.88 Å². The first-order chi connectivity index (χ1) is 11.9. The molecule has 0 bridgehead atoms. The second kappa shape index (κ2) is 8.37. The second-order valence-electron chi connectivity index (χ2n) is 7.17. The van der Waals surface area contributed by atoms with E-state index >= 15 is 0 Å². The highest BCUT2D eigenvalue weighted by Gasteiger charge is 2.25. The zero-order valence-corrected chi connectivity index (χ0v) is 16.6. The summed E-state index contributed by atoms with van der Waals surface area (Å²) in [7, 11) is 2.10. The summed E-state index contributed by atoms with van der Waals surface area (Å²) in [4.78, 5) is 13.0. The zero-order chi connectivity index (χ0) is 18.6. The lowest BCUT2D eigenvalue weighted by Gasteiger charge is -2.12. The highest BCUT2D eigenvalue weighted by molar-refractivity contribution is 5.97. The summed E-state index contributed by atoms with van der Waals surface area (Å²) in [6.07, 6.45) is 2.87. The maximum absolute atomic E-state index is 13.0. The molecule has 0 saturated carbocycles. The molecule has 0 aliphatic carbocycles. The van der Waals surface area contributed by atoms with Crippen LogP contribution in [0.25, 0.3) is 0 Å². The van der Waals surface area contributed by atoms with Gasteiger partial charge in [-0.25, -0.2) is 0 Å². The third-order valence-electron chi connectivity index (χ3n) is 4.85. The van der Waals surface area contributed by atoms with E-state index in [1.807, 2.05) is 0 Å². The molecule has 0 saturated heterocycles. The molecule has 0 spiro atoms. The lowest BCUT2D eigenvalue weighted by atomic mass is 9.97. The topological polar surface area (TPSA) is 34.0 Å². The van der Waals surface area contributed by atoms with E-state index in [0.29, 0.717) is 12.5 Å². The van der Waals surface area contributed by atoms with Gasteiger partial charge in [-0.15, -0.1) is 0 Å². The van der Waals surface area contributed by atoms with E-state index < -0.39 is 0 Å². The Labute approximate surface area is 152 Å². The van der Waals surface area contributed by atoms with Crippen LogP contribution >= 0.6 is 0 Å². The van der Waals surface area contributed by atoms with Crippen molar-refractivity contribution >= 4 is 5.91 Å². The minimum Gasteiger partial charge on any atom is -0.350 e. The largest absolute Gasteiger partial charge is 0.350 e. The van der Waals surface area contributed by atoms with Crippen LogP contribution in [-0.2, 0) is 26.4 Å². The van der Waals surface area contributed by atoms with Gasteiger partial charge in [-0.2, -0.15) is 0 Å². The molecule has 0 fully saturated rings. The van der Waals surface area contributed by atoms with Gasteiger partial charge in [-0.05, 0) is 36.8 Å². The molecule has 1 N–H and O–H groups in total. The molecule has 0 atom stereocenters. The number of carbonyl (C=O) groups excluding carboxylic acids is 1. The summed E-state index contributed by atoms with van der Waals surface area (Å²) in [6.45, 7) is 11.4. The van der Waals surface area contributed by atoms with Crippen LogP contribution in [0, 0.1) is 6.92 Å². The Balaban J connectivity index is 2.33. The number of aromatic nitrogens is 1. The van der Waals surface area contributed by atoms with Gasteiger partial charge in [-0.3, -0.25) is 4.79 Å². The summed E-state index contributed by atoms with van der Waals surface area (Å²) in [5.74, 6) is 0.471. The van der Waals surface area contributed by atoms with Crippen molar-refractivity contribution in [3.63, 3.8) is 0 Å². The Bertz CT molecular complexity index is 723. The van der Waals surface area contributed by atoms with Crippen LogP contribution in [0.1, 0.15) is 78.5 Å². The van der Waals surface area contributed by atoms with Crippen LogP contribution in [-0.4, -0.2) is 10.5 Å². The van der Waals surface area contributed by atoms with Crippen molar-refractivity contribution in [3.05, 3.63) is 57.9 Å². The lowest BCUT2D eigenvalue weighted by Crippen LogP contribution is -2.24. The smallest absolute Gasteiger partial charge is 0.253 e. The standard InChI is InChI=1S/C22H32N2O/c1-7-9-18-20(19(8-2)24(6)21(18)15(3)4)22(25)23-14-17-12-10-16(5)11-13-17/h10-13,15H,7-9,14H2,1-6H3,(H,23,25). The van der Waals surface area contributed by atoms with Crippen LogP contribution in [0.3, 0.4) is 0 Å². The number of carbonyl (C=O) groups is 1. The van der Waals surface area contributed by atoms with Crippen molar-refractivity contribution in [2.24, 2.45) is 7.05 Å². The third-order valence-corrected chi connectivity index (χ3v) is 4.85. The van der Waals surface area contributed by atoms with Crippen LogP contribution in [0.15, 0.2) is 24.3 Å². The molecule has 3 heteroatoms. The van der Waals surface area contributed by atoms with Gasteiger partial charge in [0.1, 0.15) is 0 Å². The first-order valence-corrected chi connectivity index (χ1v) is 9.44. The first-order valence-electron chi connectivity index (χ1n) is 9.44. The highest BCUT2D eigenvalue weighted by atomic mass is 16.1. The average Bonchev–Trinajstić information content (AvgIpc) is 2.86. The Morgan fingerprint density at radius 3 is 2.32 bits per heavy atom. The number of rotatable bonds is 7. The number of aryl methyl sites for hydroxylation is 1. The molecule has 25 heavy (non-hydrogen) atoms. The van der Waals surface area contributed by atoms with E-state index in [0.717, 1.165) is 36.1 Å². The predicted molar refractivity (Wildman–Crippen MR) is 105 cm³/mol. The van der Waals surface area contributed by atoms with Gasteiger partial charge in [0.25, 0.3) is 5.91 Å². The maximum Gasteiger partial charge on any atom is 0.253 e. The minimum absolute atomic E-state index is 0.0587. The average molecular weight is 341 g/mol. The molecule has 0 aliphatic rings. The Hall–Kier alpha value is -2.03. The maximum atomic E-state index is 13.0. The molecule has 136 valence electrons. The van der Waals surface area contributed by atoms with Gasteiger partial charge in [0, 0.05) is 25.0 Å². The summed E-state index contributed by atoms with van der Waals surface area (Å²) in [5, 5.41) is 3.14. The van der Waals surface area contributed by atoms with Crippen LogP contribution in [0.5, 0.6) is 0 Å². The van der Waals surface area contributed by atoms with Crippen LogP contribution in [0.4, 0.5) is 0 Å². The number of nitrogens with one attached hydrogen (secondary N) is 1. The number of benzene rings is 1. The summed E-state index contributed by atoms with van der Waals surface area (Å²) < 4.78 is 2.25. The first kappa shape index (κ1) is 19.3. The normalized spacial score (nSPS) is 11.2. The number of hydrogen-bond acceptors (Lipinski definition) is 1. The van der Waals surface area contributed by atoms with Gasteiger partial charge in [-0.1, -0.05) is 63.9 Å². The van der Waals surface area contributed by atoms with Crippen LogP contribution in [0.2, 0.25) is 0 Å². The quantitative estimate of drug-likeness (QED) is 0.764. The second-order valence-corrected chi connectivity index (χ2v) is 7.17. The molecule has 0 unspecified atom stereocenters. The SMILES string of the molecule is CCCc1c(C(=O)NCc2ccc(C)cc2)c(CC)n(C)c1C(C)C. The van der Waals surface area contributed by atoms with Crippen LogP contribution < -0.4 is 5.32 Å². The minimum atomic E-state index is 0.0587. The third kappa shape index (κ3) is 4.15. The van der Waals surface area contributed by atoms with Gasteiger partial charge in [0.05, 0.1) is 5.56 Å². The fraction of sp³-hybridized carbons (Fsp3) is 0.500. The predicted octanol–water partition coefficient (Wildman–Crippen LogP) is 4.90. The highest BCUT2D eigenvalue weighted by Crippen LogP contribution is 2.30. The molecular formula is C22H32N2O. The monoisotopic (exact) mass is 340 g/mol. The van der Waals surface area contributed by atoms with E-state index in [-0.39, 0.29) is 5.91 Å². The van der Waals surface area contributed by atoms with E-state index in [1.165, 1.54) is 16.8 Å². The molecule has 2 aromatic rings. The molecule has 1 heterocycles. The molecule has 1 aromatic carbocycles. The molecular weight excluding hydrogens is 308 g/mol. The van der Waals surface area contributed by atoms with Crippen molar-refractivity contribution in [2.75, 3.05) is 0 Å². The van der Waals surface area contributed by atoms with Crippen molar-refractivity contribution in [1.82, 2.24) is 9.88 Å². The van der Waals surface area contributed by atoms with Crippen molar-refractivity contribution < 1.29 is 4.79 Å². The number of amides is 1. The Morgan fingerprint density at radius 1 is 1.16 bits per heavy atom. The van der Waals surface area contributed by atoms with E-state index in [2.05, 4.69) is 75.8 Å².